The van der Waals surface area contributed by atoms with Crippen molar-refractivity contribution in [3.63, 3.8) is 0 Å². The number of pyridine rings is 1. The number of hydrogen-bond acceptors (Lipinski definition) is 6. The molecule has 0 unspecified atom stereocenters. The molecule has 172 valence electrons. The third-order valence-electron chi connectivity index (χ3n) is 5.95. The Morgan fingerprint density at radius 3 is 2.52 bits per heavy atom. The van der Waals surface area contributed by atoms with Gasteiger partial charge < -0.3 is 9.16 Å². The van der Waals surface area contributed by atoms with Crippen molar-refractivity contribution >= 4 is 43.6 Å². The van der Waals surface area contributed by atoms with Gasteiger partial charge in [-0.05, 0) is 43.6 Å². The summed E-state index contributed by atoms with van der Waals surface area (Å²) in [5.74, 6) is -0.538. The van der Waals surface area contributed by atoms with Crippen LogP contribution < -0.4 is 0 Å². The van der Waals surface area contributed by atoms with E-state index in [0.29, 0.717) is 23.7 Å². The van der Waals surface area contributed by atoms with Gasteiger partial charge >= 0.3 is 5.97 Å². The lowest BCUT2D eigenvalue weighted by Crippen LogP contribution is -2.59. The van der Waals surface area contributed by atoms with Crippen LogP contribution >= 0.6 is 23.4 Å². The molecule has 1 saturated heterocycles. The Labute approximate surface area is 195 Å². The SMILES string of the molecule is COC(=O)/C(=C(/C)SCc1ccccn1)N1C(=O)[C@H](CCO[Si](C)(C)C(C)(C)C)[C@H]1Cl. The number of methoxy groups -OCH3 is 1. The van der Waals surface area contributed by atoms with E-state index in [-0.39, 0.29) is 22.6 Å². The molecule has 1 aliphatic heterocycles. The molecule has 6 nitrogen and oxygen atoms in total. The molecule has 1 aromatic heterocycles. The molecule has 0 bridgehead atoms. The molecule has 0 radical (unpaired) electrons. The minimum Gasteiger partial charge on any atom is -0.464 e. The van der Waals surface area contributed by atoms with Gasteiger partial charge in [-0.2, -0.15) is 0 Å². The van der Waals surface area contributed by atoms with Crippen LogP contribution in [0.5, 0.6) is 0 Å². The van der Waals surface area contributed by atoms with Gasteiger partial charge in [-0.25, -0.2) is 4.79 Å². The molecule has 2 atom stereocenters. The molecule has 0 N–H and O–H groups in total. The molecule has 0 saturated carbocycles. The Kier molecular flexibility index (Phi) is 8.78. The molecule has 2 heterocycles. The lowest BCUT2D eigenvalue weighted by Gasteiger charge is -2.45. The normalized spacial score (nSPS) is 20.3. The summed E-state index contributed by atoms with van der Waals surface area (Å²) in [6, 6.07) is 5.67. The fourth-order valence-corrected chi connectivity index (χ4v) is 5.25. The minimum atomic E-state index is -1.89. The van der Waals surface area contributed by atoms with Crippen molar-refractivity contribution in [1.29, 1.82) is 0 Å². The Balaban J connectivity index is 2.06. The maximum absolute atomic E-state index is 12.9. The van der Waals surface area contributed by atoms with E-state index in [1.54, 1.807) is 13.1 Å². The first-order valence-electron chi connectivity index (χ1n) is 10.3. The van der Waals surface area contributed by atoms with E-state index in [0.717, 1.165) is 5.69 Å². The lowest BCUT2D eigenvalue weighted by molar-refractivity contribution is -0.154. The van der Waals surface area contributed by atoms with Crippen LogP contribution in [0.1, 0.15) is 39.8 Å². The zero-order chi connectivity index (χ0) is 23.4. The quantitative estimate of drug-likeness (QED) is 0.120. The highest BCUT2D eigenvalue weighted by Crippen LogP contribution is 2.40. The molecule has 31 heavy (non-hydrogen) atoms. The van der Waals surface area contributed by atoms with Crippen molar-refractivity contribution in [1.82, 2.24) is 9.88 Å². The largest absolute Gasteiger partial charge is 0.464 e. The van der Waals surface area contributed by atoms with Gasteiger partial charge in [-0.15, -0.1) is 11.8 Å². The third-order valence-corrected chi connectivity index (χ3v) is 12.1. The number of rotatable bonds is 9. The molecule has 1 fully saturated rings. The number of carbonyl (C=O) groups excluding carboxylic acids is 2. The van der Waals surface area contributed by atoms with Crippen LogP contribution in [0.25, 0.3) is 0 Å². The standard InChI is InChI=1S/C22H33ClN2O4SSi/c1-15(30-14-16-10-8-9-12-24-16)18(21(27)28-5)25-19(23)17(20(25)26)11-13-29-31(6,7)22(2,3)4/h8-10,12,17,19H,11,13-14H2,1-7H3/b18-15+/t17-,19+/m1/s1. The first kappa shape index (κ1) is 25.9. The predicted octanol–water partition coefficient (Wildman–Crippen LogP) is 5.15. The number of alkyl halides is 1. The number of allylic oxidation sites excluding steroid dienone is 1. The van der Waals surface area contributed by atoms with Gasteiger partial charge in [0, 0.05) is 23.5 Å². The van der Waals surface area contributed by atoms with Crippen molar-refractivity contribution in [2.75, 3.05) is 13.7 Å². The van der Waals surface area contributed by atoms with Crippen LogP contribution in [0.3, 0.4) is 0 Å². The Hall–Kier alpha value is -1.35. The van der Waals surface area contributed by atoms with Gasteiger partial charge in [-0.1, -0.05) is 38.4 Å². The third kappa shape index (κ3) is 6.12. The number of halogens is 1. The van der Waals surface area contributed by atoms with Gasteiger partial charge in [0.05, 0.1) is 18.7 Å². The van der Waals surface area contributed by atoms with E-state index < -0.39 is 19.8 Å². The summed E-state index contributed by atoms with van der Waals surface area (Å²) < 4.78 is 11.1. The second-order valence-electron chi connectivity index (χ2n) is 9.09. The highest BCUT2D eigenvalue weighted by molar-refractivity contribution is 8.02. The van der Waals surface area contributed by atoms with E-state index in [1.165, 1.54) is 23.8 Å². The first-order valence-corrected chi connectivity index (χ1v) is 14.7. The lowest BCUT2D eigenvalue weighted by atomic mass is 9.94. The summed E-state index contributed by atoms with van der Waals surface area (Å²) in [5.41, 5.74) is 0.485. The molecule has 1 amide bonds. The van der Waals surface area contributed by atoms with E-state index in [2.05, 4.69) is 38.8 Å². The van der Waals surface area contributed by atoms with Crippen LogP contribution in [0, 0.1) is 5.92 Å². The van der Waals surface area contributed by atoms with Crippen LogP contribution in [-0.2, 0) is 24.5 Å². The summed E-state index contributed by atoms with van der Waals surface area (Å²) in [7, 11) is -0.586. The summed E-state index contributed by atoms with van der Waals surface area (Å²) in [6.45, 7) is 13.2. The second-order valence-corrected chi connectivity index (χ2v) is 15.5. The smallest absolute Gasteiger partial charge is 0.355 e. The summed E-state index contributed by atoms with van der Waals surface area (Å²) in [4.78, 5) is 31.7. The monoisotopic (exact) mass is 484 g/mol. The predicted molar refractivity (Wildman–Crippen MR) is 128 cm³/mol. The molecule has 1 aliphatic rings. The number of likely N-dealkylation sites (tertiary alicyclic amines) is 1. The van der Waals surface area contributed by atoms with Crippen LogP contribution in [-0.4, -0.2) is 49.3 Å². The molecule has 9 heteroatoms. The molecule has 0 aromatic carbocycles. The number of thioether (sulfide) groups is 1. The summed E-state index contributed by atoms with van der Waals surface area (Å²) in [5, 5.41) is 0.103. The summed E-state index contributed by atoms with van der Waals surface area (Å²) in [6.07, 6.45) is 2.25. The zero-order valence-corrected chi connectivity index (χ0v) is 22.0. The highest BCUT2D eigenvalue weighted by Gasteiger charge is 2.50. The molecular weight excluding hydrogens is 452 g/mol. The molecule has 0 aliphatic carbocycles. The fourth-order valence-electron chi connectivity index (χ4n) is 2.91. The summed E-state index contributed by atoms with van der Waals surface area (Å²) >= 11 is 8.00. The molecule has 0 spiro atoms. The fraction of sp³-hybridized carbons (Fsp3) is 0.591. The topological polar surface area (TPSA) is 68.7 Å². The van der Waals surface area contributed by atoms with Crippen LogP contribution in [0.15, 0.2) is 35.0 Å². The Morgan fingerprint density at radius 1 is 1.32 bits per heavy atom. The zero-order valence-electron chi connectivity index (χ0n) is 19.4. The molecule has 2 rings (SSSR count). The van der Waals surface area contributed by atoms with Crippen molar-refractivity contribution in [3.8, 4) is 0 Å². The number of hydrogen-bond donors (Lipinski definition) is 0. The Morgan fingerprint density at radius 2 is 2.00 bits per heavy atom. The average molecular weight is 485 g/mol. The van der Waals surface area contributed by atoms with Gasteiger partial charge in [0.2, 0.25) is 5.91 Å². The van der Waals surface area contributed by atoms with Crippen LogP contribution in [0.2, 0.25) is 18.1 Å². The van der Waals surface area contributed by atoms with Gasteiger partial charge in [0.1, 0.15) is 11.2 Å². The van der Waals surface area contributed by atoms with Gasteiger partial charge in [-0.3, -0.25) is 14.7 Å². The van der Waals surface area contributed by atoms with Gasteiger partial charge in [0.15, 0.2) is 8.32 Å². The van der Waals surface area contributed by atoms with E-state index >= 15 is 0 Å². The number of ether oxygens (including phenoxy) is 1. The average Bonchev–Trinajstić information content (AvgIpc) is 2.72. The number of carbonyl (C=O) groups is 2. The maximum Gasteiger partial charge on any atom is 0.355 e. The van der Waals surface area contributed by atoms with Crippen molar-refractivity contribution < 1.29 is 18.8 Å². The van der Waals surface area contributed by atoms with Crippen molar-refractivity contribution in [2.45, 2.75) is 63.5 Å². The number of amides is 1. The highest BCUT2D eigenvalue weighted by atomic mass is 35.5. The molecular formula is C22H33ClN2O4SSi. The van der Waals surface area contributed by atoms with Crippen LogP contribution in [0.4, 0.5) is 0 Å². The number of nitrogens with zero attached hydrogens (tertiary/aromatic N) is 2. The van der Waals surface area contributed by atoms with Crippen molar-refractivity contribution in [3.05, 3.63) is 40.7 Å². The van der Waals surface area contributed by atoms with Gasteiger partial charge in [0.25, 0.3) is 0 Å². The Bertz CT molecular complexity index is 827. The minimum absolute atomic E-state index is 0.103. The number of aromatic nitrogens is 1. The first-order chi connectivity index (χ1) is 14.4. The molecule has 1 aromatic rings. The maximum atomic E-state index is 12.9. The van der Waals surface area contributed by atoms with E-state index in [1.807, 2.05) is 18.2 Å². The second kappa shape index (κ2) is 10.5. The van der Waals surface area contributed by atoms with Crippen molar-refractivity contribution in [2.24, 2.45) is 5.92 Å². The number of β-lactam (4-membered cyclic amide) rings is 1. The van der Waals surface area contributed by atoms with E-state index in [4.69, 9.17) is 20.8 Å². The number of esters is 1. The van der Waals surface area contributed by atoms with E-state index in [9.17, 15) is 9.59 Å².